The Balaban J connectivity index is 2.15. The minimum Gasteiger partial charge on any atom is -0.365 e. The third-order valence-electron chi connectivity index (χ3n) is 3.60. The number of aromatic nitrogens is 2. The van der Waals surface area contributed by atoms with Crippen LogP contribution >= 0.6 is 0 Å². The lowest BCUT2D eigenvalue weighted by Crippen LogP contribution is -2.12. The van der Waals surface area contributed by atoms with E-state index in [1.807, 2.05) is 28.9 Å². The number of pyridine rings is 1. The zero-order valence-corrected chi connectivity index (χ0v) is 12.1. The van der Waals surface area contributed by atoms with Gasteiger partial charge in [0.2, 0.25) is 0 Å². The molecule has 0 radical (unpaired) electrons. The maximum Gasteiger partial charge on any atom is 0.252 e. The topological polar surface area (TPSA) is 60.4 Å². The van der Waals surface area contributed by atoms with E-state index in [2.05, 4.69) is 31.0 Å². The van der Waals surface area contributed by atoms with E-state index in [4.69, 9.17) is 5.73 Å². The fraction of sp³-hybridized carbons (Fsp3) is 0.176. The molecule has 0 spiro atoms. The number of carbonyl (C=O) groups excluding carboxylic acids is 1. The van der Waals surface area contributed by atoms with Crippen LogP contribution in [0.2, 0.25) is 0 Å². The van der Waals surface area contributed by atoms with E-state index in [1.165, 1.54) is 5.56 Å². The average Bonchev–Trinajstić information content (AvgIpc) is 2.91. The van der Waals surface area contributed by atoms with E-state index < -0.39 is 5.91 Å². The van der Waals surface area contributed by atoms with Crippen molar-refractivity contribution in [2.45, 2.75) is 19.8 Å². The van der Waals surface area contributed by atoms with Gasteiger partial charge in [-0.2, -0.15) is 0 Å². The second kappa shape index (κ2) is 5.05. The van der Waals surface area contributed by atoms with Crippen LogP contribution in [0.3, 0.4) is 0 Å². The number of hydrogen-bond donors (Lipinski definition) is 1. The van der Waals surface area contributed by atoms with Gasteiger partial charge in [-0.3, -0.25) is 4.79 Å². The Morgan fingerprint density at radius 3 is 2.76 bits per heavy atom. The molecule has 3 rings (SSSR count). The molecule has 1 amide bonds. The van der Waals surface area contributed by atoms with Crippen LogP contribution in [0.25, 0.3) is 16.9 Å². The van der Waals surface area contributed by atoms with Crippen LogP contribution in [-0.4, -0.2) is 15.3 Å². The van der Waals surface area contributed by atoms with E-state index >= 15 is 0 Å². The normalized spacial score (nSPS) is 11.2. The van der Waals surface area contributed by atoms with Crippen LogP contribution in [0, 0.1) is 0 Å². The lowest BCUT2D eigenvalue weighted by Gasteiger charge is -2.06. The Hall–Kier alpha value is -2.62. The number of hydrogen-bond acceptors (Lipinski definition) is 2. The first-order valence-corrected chi connectivity index (χ1v) is 6.94. The van der Waals surface area contributed by atoms with Crippen molar-refractivity contribution in [1.29, 1.82) is 0 Å². The van der Waals surface area contributed by atoms with Crippen molar-refractivity contribution >= 4 is 11.6 Å². The molecule has 21 heavy (non-hydrogen) atoms. The summed E-state index contributed by atoms with van der Waals surface area (Å²) >= 11 is 0. The average molecular weight is 279 g/mol. The van der Waals surface area contributed by atoms with E-state index in [9.17, 15) is 4.79 Å². The Kier molecular flexibility index (Phi) is 3.22. The Morgan fingerprint density at radius 2 is 2.05 bits per heavy atom. The minimum atomic E-state index is -0.464. The number of primary amides is 1. The molecule has 0 aliphatic heterocycles. The highest BCUT2D eigenvalue weighted by Gasteiger charge is 2.11. The third-order valence-corrected chi connectivity index (χ3v) is 3.60. The van der Waals surface area contributed by atoms with Gasteiger partial charge in [0.05, 0.1) is 11.3 Å². The third kappa shape index (κ3) is 2.40. The smallest absolute Gasteiger partial charge is 0.252 e. The van der Waals surface area contributed by atoms with Crippen molar-refractivity contribution in [1.82, 2.24) is 9.38 Å². The molecule has 0 bridgehead atoms. The quantitative estimate of drug-likeness (QED) is 0.800. The summed E-state index contributed by atoms with van der Waals surface area (Å²) in [5.41, 5.74) is 9.57. The van der Waals surface area contributed by atoms with Gasteiger partial charge in [-0.05, 0) is 29.7 Å². The molecule has 0 atom stereocenters. The Bertz CT molecular complexity index is 818. The zero-order chi connectivity index (χ0) is 15.0. The summed E-state index contributed by atoms with van der Waals surface area (Å²) in [7, 11) is 0. The zero-order valence-electron chi connectivity index (χ0n) is 12.1. The van der Waals surface area contributed by atoms with Crippen molar-refractivity contribution in [3.05, 3.63) is 59.9 Å². The number of rotatable bonds is 3. The molecule has 2 heterocycles. The summed E-state index contributed by atoms with van der Waals surface area (Å²) in [6.45, 7) is 4.32. The molecule has 4 heteroatoms. The summed E-state index contributed by atoms with van der Waals surface area (Å²) in [5, 5.41) is 0. The van der Waals surface area contributed by atoms with Crippen LogP contribution < -0.4 is 5.73 Å². The van der Waals surface area contributed by atoms with Gasteiger partial charge in [-0.1, -0.05) is 32.0 Å². The number of nitrogens with zero attached hydrogens (tertiary/aromatic N) is 2. The molecule has 106 valence electrons. The van der Waals surface area contributed by atoms with Gasteiger partial charge < -0.3 is 10.1 Å². The molecule has 0 saturated carbocycles. The fourth-order valence-electron chi connectivity index (χ4n) is 2.40. The largest absolute Gasteiger partial charge is 0.365 e. The van der Waals surface area contributed by atoms with Crippen LogP contribution in [0.5, 0.6) is 0 Å². The number of nitrogens with two attached hydrogens (primary N) is 1. The molecule has 0 unspecified atom stereocenters. The number of imidazole rings is 1. The van der Waals surface area contributed by atoms with Crippen molar-refractivity contribution in [2.75, 3.05) is 0 Å². The maximum absolute atomic E-state index is 11.5. The summed E-state index contributed by atoms with van der Waals surface area (Å²) in [4.78, 5) is 16.0. The van der Waals surface area contributed by atoms with Gasteiger partial charge in [-0.25, -0.2) is 4.98 Å². The molecule has 3 aromatic rings. The predicted octanol–water partition coefficient (Wildman–Crippen LogP) is 3.22. The SMILES string of the molecule is CC(C)c1cccc(-c2cn3cccc(C(N)=O)c3n2)c1. The molecule has 0 fully saturated rings. The summed E-state index contributed by atoms with van der Waals surface area (Å²) in [6.07, 6.45) is 3.78. The van der Waals surface area contributed by atoms with E-state index in [1.54, 1.807) is 12.1 Å². The lowest BCUT2D eigenvalue weighted by atomic mass is 10.00. The highest BCUT2D eigenvalue weighted by Crippen LogP contribution is 2.24. The second-order valence-corrected chi connectivity index (χ2v) is 5.42. The lowest BCUT2D eigenvalue weighted by molar-refractivity contribution is 0.100. The highest BCUT2D eigenvalue weighted by atomic mass is 16.1. The van der Waals surface area contributed by atoms with E-state index in [0.29, 0.717) is 17.1 Å². The standard InChI is InChI=1S/C17H17N3O/c1-11(2)12-5-3-6-13(9-12)15-10-20-8-4-7-14(16(18)21)17(20)19-15/h3-11H,1-2H3,(H2,18,21). The van der Waals surface area contributed by atoms with Crippen molar-refractivity contribution < 1.29 is 4.79 Å². The number of carbonyl (C=O) groups is 1. The number of fused-ring (bicyclic) bond motifs is 1. The summed E-state index contributed by atoms with van der Waals surface area (Å²) in [6, 6.07) is 11.8. The molecular formula is C17H17N3O. The Morgan fingerprint density at radius 1 is 1.24 bits per heavy atom. The van der Waals surface area contributed by atoms with Gasteiger partial charge in [0, 0.05) is 18.0 Å². The van der Waals surface area contributed by atoms with Crippen LogP contribution in [0.1, 0.15) is 35.7 Å². The van der Waals surface area contributed by atoms with E-state index in [0.717, 1.165) is 11.3 Å². The second-order valence-electron chi connectivity index (χ2n) is 5.42. The first-order chi connectivity index (χ1) is 10.1. The van der Waals surface area contributed by atoms with E-state index in [-0.39, 0.29) is 0 Å². The van der Waals surface area contributed by atoms with Crippen molar-refractivity contribution in [3.8, 4) is 11.3 Å². The Labute approximate surface area is 123 Å². The first kappa shape index (κ1) is 13.4. The van der Waals surface area contributed by atoms with Crippen LogP contribution in [0.15, 0.2) is 48.8 Å². The molecule has 2 N–H and O–H groups in total. The monoisotopic (exact) mass is 279 g/mol. The van der Waals surface area contributed by atoms with Gasteiger partial charge >= 0.3 is 0 Å². The van der Waals surface area contributed by atoms with Crippen molar-refractivity contribution in [2.24, 2.45) is 5.73 Å². The first-order valence-electron chi connectivity index (χ1n) is 6.94. The van der Waals surface area contributed by atoms with Gasteiger partial charge in [0.25, 0.3) is 5.91 Å². The molecule has 1 aromatic carbocycles. The molecule has 0 aliphatic carbocycles. The maximum atomic E-state index is 11.5. The van der Waals surface area contributed by atoms with Crippen LogP contribution in [-0.2, 0) is 0 Å². The van der Waals surface area contributed by atoms with Gasteiger partial charge in [0.15, 0.2) is 0 Å². The molecular weight excluding hydrogens is 262 g/mol. The van der Waals surface area contributed by atoms with Gasteiger partial charge in [-0.15, -0.1) is 0 Å². The molecule has 0 aliphatic rings. The minimum absolute atomic E-state index is 0.434. The van der Waals surface area contributed by atoms with Crippen LogP contribution in [0.4, 0.5) is 0 Å². The predicted molar refractivity (Wildman–Crippen MR) is 83.2 cm³/mol. The van der Waals surface area contributed by atoms with Crippen molar-refractivity contribution in [3.63, 3.8) is 0 Å². The molecule has 2 aromatic heterocycles. The molecule has 0 saturated heterocycles. The number of benzene rings is 1. The summed E-state index contributed by atoms with van der Waals surface area (Å²) < 4.78 is 1.83. The highest BCUT2D eigenvalue weighted by molar-refractivity contribution is 5.98. The number of amides is 1. The summed E-state index contributed by atoms with van der Waals surface area (Å²) in [5.74, 6) is -0.00292. The molecule has 4 nitrogen and oxygen atoms in total. The van der Waals surface area contributed by atoms with Gasteiger partial charge in [0.1, 0.15) is 5.65 Å². The fourth-order valence-corrected chi connectivity index (χ4v) is 2.40.